The molecule has 2 aromatic rings. The quantitative estimate of drug-likeness (QED) is 0.613. The first-order valence-corrected chi connectivity index (χ1v) is 7.10. The van der Waals surface area contributed by atoms with Crippen molar-refractivity contribution in [1.82, 2.24) is 0 Å². The number of benzene rings is 2. The molecule has 2 aromatic carbocycles. The van der Waals surface area contributed by atoms with Crippen LogP contribution in [0.5, 0.6) is 0 Å². The minimum absolute atomic E-state index is 0.0477. The molecule has 1 heterocycles. The lowest BCUT2D eigenvalue weighted by Crippen LogP contribution is -2.32. The Morgan fingerprint density at radius 3 is 2.52 bits per heavy atom. The zero-order valence-electron chi connectivity index (χ0n) is 12.1. The zero-order valence-corrected chi connectivity index (χ0v) is 12.1. The first kappa shape index (κ1) is 15.3. The third-order valence-electron chi connectivity index (χ3n) is 3.93. The Kier molecular flexibility index (Phi) is 3.92. The fraction of sp³-hybridized carbons (Fsp3) is 0.235. The van der Waals surface area contributed by atoms with Crippen molar-refractivity contribution in [2.45, 2.75) is 19.1 Å². The van der Waals surface area contributed by atoms with Gasteiger partial charge in [-0.2, -0.15) is 18.2 Å². The summed E-state index contributed by atoms with van der Waals surface area (Å²) >= 11 is 0. The number of alkyl halides is 3. The van der Waals surface area contributed by atoms with E-state index in [4.69, 9.17) is 0 Å². The maximum absolute atomic E-state index is 13.4. The molecule has 0 N–H and O–H groups in total. The fourth-order valence-electron chi connectivity index (χ4n) is 2.85. The molecule has 0 radical (unpaired) electrons. The highest BCUT2D eigenvalue weighted by atomic mass is 19.4. The Hall–Kier alpha value is -2.59. The lowest BCUT2D eigenvalue weighted by atomic mass is 9.98. The van der Waals surface area contributed by atoms with Crippen LogP contribution < -0.4 is 4.90 Å². The number of rotatable bonds is 2. The van der Waals surface area contributed by atoms with E-state index in [-0.39, 0.29) is 11.4 Å². The molecule has 0 unspecified atom stereocenters. The molecule has 3 rings (SSSR count). The highest BCUT2D eigenvalue weighted by molar-refractivity contribution is 5.63. The van der Waals surface area contributed by atoms with Crippen molar-refractivity contribution in [1.29, 1.82) is 0 Å². The summed E-state index contributed by atoms with van der Waals surface area (Å²) in [5.74, 6) is 0. The molecule has 0 aliphatic carbocycles. The molecule has 0 aromatic heterocycles. The van der Waals surface area contributed by atoms with Gasteiger partial charge in [-0.3, -0.25) is 0 Å². The minimum Gasteiger partial charge on any atom is -0.366 e. The number of nitrogens with zero attached hydrogens (tertiary/aromatic N) is 2. The summed E-state index contributed by atoms with van der Waals surface area (Å²) in [7, 11) is 0. The van der Waals surface area contributed by atoms with E-state index in [1.807, 2.05) is 24.3 Å². The van der Waals surface area contributed by atoms with Crippen molar-refractivity contribution in [3.63, 3.8) is 0 Å². The monoisotopic (exact) mass is 318 g/mol. The molecule has 0 amide bonds. The second kappa shape index (κ2) is 5.89. The van der Waals surface area contributed by atoms with Gasteiger partial charge in [0.15, 0.2) is 0 Å². The minimum atomic E-state index is -4.51. The molecule has 3 nitrogen and oxygen atoms in total. The zero-order chi connectivity index (χ0) is 16.4. The normalized spacial score (nSPS) is 14.1. The molecule has 0 bridgehead atoms. The molecule has 23 heavy (non-hydrogen) atoms. The van der Waals surface area contributed by atoms with Crippen molar-refractivity contribution >= 4 is 17.5 Å². The van der Waals surface area contributed by atoms with Crippen molar-refractivity contribution in [2.75, 3.05) is 11.4 Å². The van der Waals surface area contributed by atoms with Crippen molar-refractivity contribution in [3.05, 3.63) is 59.2 Å². The molecule has 0 atom stereocenters. The van der Waals surface area contributed by atoms with Gasteiger partial charge in [0.1, 0.15) is 0 Å². The SMILES string of the molecule is O=C=Nc1ccc(N2CCc3ccccc3C2)c(C(F)(F)F)c1. The second-order valence-electron chi connectivity index (χ2n) is 5.34. The van der Waals surface area contributed by atoms with Crippen LogP contribution in [0.3, 0.4) is 0 Å². The summed E-state index contributed by atoms with van der Waals surface area (Å²) in [6, 6.07) is 11.4. The topological polar surface area (TPSA) is 32.7 Å². The van der Waals surface area contributed by atoms with Crippen molar-refractivity contribution in [3.8, 4) is 0 Å². The van der Waals surface area contributed by atoms with Crippen LogP contribution in [0.25, 0.3) is 0 Å². The lowest BCUT2D eigenvalue weighted by molar-refractivity contribution is -0.137. The lowest BCUT2D eigenvalue weighted by Gasteiger charge is -2.32. The van der Waals surface area contributed by atoms with Gasteiger partial charge in [0.25, 0.3) is 0 Å². The number of hydrogen-bond acceptors (Lipinski definition) is 3. The van der Waals surface area contributed by atoms with Gasteiger partial charge in [-0.25, -0.2) is 4.79 Å². The number of isocyanates is 1. The van der Waals surface area contributed by atoms with Crippen LogP contribution in [0.4, 0.5) is 24.5 Å². The summed E-state index contributed by atoms with van der Waals surface area (Å²) < 4.78 is 40.1. The summed E-state index contributed by atoms with van der Waals surface area (Å²) in [5.41, 5.74) is 1.47. The summed E-state index contributed by atoms with van der Waals surface area (Å²) in [5, 5.41) is 0. The highest BCUT2D eigenvalue weighted by Crippen LogP contribution is 2.40. The first-order chi connectivity index (χ1) is 11.0. The largest absolute Gasteiger partial charge is 0.418 e. The summed E-state index contributed by atoms with van der Waals surface area (Å²) in [4.78, 5) is 15.3. The number of fused-ring (bicyclic) bond motifs is 1. The number of anilines is 1. The van der Waals surface area contributed by atoms with Gasteiger partial charge in [0, 0.05) is 18.8 Å². The smallest absolute Gasteiger partial charge is 0.366 e. The highest BCUT2D eigenvalue weighted by Gasteiger charge is 2.35. The van der Waals surface area contributed by atoms with Crippen LogP contribution >= 0.6 is 0 Å². The van der Waals surface area contributed by atoms with E-state index >= 15 is 0 Å². The molecule has 1 aliphatic rings. The van der Waals surface area contributed by atoms with E-state index in [9.17, 15) is 18.0 Å². The average Bonchev–Trinajstić information content (AvgIpc) is 2.54. The predicted molar refractivity (Wildman–Crippen MR) is 80.4 cm³/mol. The van der Waals surface area contributed by atoms with Gasteiger partial charge < -0.3 is 4.90 Å². The van der Waals surface area contributed by atoms with Crippen LogP contribution in [0.1, 0.15) is 16.7 Å². The molecule has 0 fully saturated rings. The van der Waals surface area contributed by atoms with Crippen molar-refractivity contribution in [2.24, 2.45) is 4.99 Å². The number of carbonyl (C=O) groups excluding carboxylic acids is 1. The molecule has 0 saturated carbocycles. The second-order valence-corrected chi connectivity index (χ2v) is 5.34. The Balaban J connectivity index is 2.01. The van der Waals surface area contributed by atoms with Gasteiger partial charge in [-0.05, 0) is 35.7 Å². The van der Waals surface area contributed by atoms with Crippen LogP contribution in [-0.4, -0.2) is 12.6 Å². The molecular weight excluding hydrogens is 305 g/mol. The molecule has 0 spiro atoms. The Morgan fingerprint density at radius 2 is 1.83 bits per heavy atom. The maximum Gasteiger partial charge on any atom is 0.418 e. The maximum atomic E-state index is 13.4. The van der Waals surface area contributed by atoms with E-state index in [0.29, 0.717) is 19.5 Å². The summed E-state index contributed by atoms with van der Waals surface area (Å²) in [6.07, 6.45) is -2.55. The number of hydrogen-bond donors (Lipinski definition) is 0. The predicted octanol–water partition coefficient (Wildman–Crippen LogP) is 4.24. The molecule has 6 heteroatoms. The summed E-state index contributed by atoms with van der Waals surface area (Å²) in [6.45, 7) is 0.936. The van der Waals surface area contributed by atoms with E-state index in [0.717, 1.165) is 11.6 Å². The Bertz CT molecular complexity index is 780. The van der Waals surface area contributed by atoms with Gasteiger partial charge in [0.2, 0.25) is 6.08 Å². The van der Waals surface area contributed by atoms with Crippen LogP contribution in [-0.2, 0) is 23.9 Å². The van der Waals surface area contributed by atoms with Gasteiger partial charge in [-0.15, -0.1) is 0 Å². The van der Waals surface area contributed by atoms with E-state index in [1.165, 1.54) is 23.8 Å². The average molecular weight is 318 g/mol. The van der Waals surface area contributed by atoms with E-state index in [2.05, 4.69) is 4.99 Å². The first-order valence-electron chi connectivity index (χ1n) is 7.10. The molecule has 1 aliphatic heterocycles. The standard InChI is InChI=1S/C17H13F3N2O/c18-17(19,20)15-9-14(21-11-23)5-6-16(15)22-8-7-12-3-1-2-4-13(12)10-22/h1-6,9H,7-8,10H2. The van der Waals surface area contributed by atoms with Crippen LogP contribution in [0, 0.1) is 0 Å². The molecular formula is C17H13F3N2O. The van der Waals surface area contributed by atoms with E-state index < -0.39 is 11.7 Å². The van der Waals surface area contributed by atoms with Gasteiger partial charge in [-0.1, -0.05) is 24.3 Å². The van der Waals surface area contributed by atoms with Crippen LogP contribution in [0.15, 0.2) is 47.5 Å². The third kappa shape index (κ3) is 3.12. The Labute approximate surface area is 131 Å². The number of aliphatic imine (C=N–C) groups is 1. The number of halogens is 3. The third-order valence-corrected chi connectivity index (χ3v) is 3.93. The molecule has 118 valence electrons. The van der Waals surface area contributed by atoms with E-state index in [1.54, 1.807) is 4.90 Å². The van der Waals surface area contributed by atoms with Crippen LogP contribution in [0.2, 0.25) is 0 Å². The fourth-order valence-corrected chi connectivity index (χ4v) is 2.85. The van der Waals surface area contributed by atoms with Gasteiger partial charge in [0.05, 0.1) is 11.3 Å². The molecule has 0 saturated heterocycles. The van der Waals surface area contributed by atoms with Gasteiger partial charge >= 0.3 is 6.18 Å². The Morgan fingerprint density at radius 1 is 1.09 bits per heavy atom. The van der Waals surface area contributed by atoms with Crippen molar-refractivity contribution < 1.29 is 18.0 Å².